The smallest absolute Gasteiger partial charge is 0.360 e. The first-order chi connectivity index (χ1) is 9.15. The number of rotatable bonds is 4. The number of aliphatic hydroxyl groups excluding tert-OH is 1. The second-order valence-electron chi connectivity index (χ2n) is 5.33. The topological polar surface area (TPSA) is 63.6 Å². The Kier molecular flexibility index (Phi) is 5.05. The monoisotopic (exact) mass is 302 g/mol. The minimum atomic E-state index is -3.02. The molecule has 112 valence electrons. The molecule has 0 radical (unpaired) electrons. The summed E-state index contributed by atoms with van der Waals surface area (Å²) in [6.45, 7) is 4.58. The fraction of sp³-hybridized carbons (Fsp3) is 0.500. The van der Waals surface area contributed by atoms with Crippen LogP contribution in [0, 0.1) is 0 Å². The van der Waals surface area contributed by atoms with E-state index >= 15 is 4.39 Å². The Balaban J connectivity index is 3.33. The van der Waals surface area contributed by atoms with Gasteiger partial charge in [0.2, 0.25) is 0 Å². The molecule has 0 amide bonds. The van der Waals surface area contributed by atoms with Crippen molar-refractivity contribution in [3.05, 3.63) is 35.9 Å². The van der Waals surface area contributed by atoms with Crippen molar-refractivity contribution in [1.29, 1.82) is 0 Å². The maximum absolute atomic E-state index is 15.1. The number of alkyl halides is 1. The van der Waals surface area contributed by atoms with Gasteiger partial charge in [-0.05, 0) is 26.3 Å². The van der Waals surface area contributed by atoms with Crippen molar-refractivity contribution in [2.24, 2.45) is 0 Å². The van der Waals surface area contributed by atoms with Crippen molar-refractivity contribution in [1.82, 2.24) is 0 Å². The molecule has 0 aromatic heterocycles. The van der Waals surface area contributed by atoms with E-state index < -0.39 is 32.6 Å². The number of hydrogen-bond donors (Lipinski definition) is 1. The van der Waals surface area contributed by atoms with E-state index in [-0.39, 0.29) is 5.56 Å². The highest BCUT2D eigenvalue weighted by Crippen LogP contribution is 2.38. The van der Waals surface area contributed by atoms with Crippen molar-refractivity contribution in [2.45, 2.75) is 36.6 Å². The molecule has 6 heteroatoms. The minimum absolute atomic E-state index is 0.165. The van der Waals surface area contributed by atoms with Gasteiger partial charge in [0, 0.05) is 4.75 Å². The molecule has 0 fully saturated rings. The maximum Gasteiger partial charge on any atom is 0.360 e. The van der Waals surface area contributed by atoms with Crippen molar-refractivity contribution in [3.63, 3.8) is 0 Å². The van der Waals surface area contributed by atoms with Crippen LogP contribution in [-0.4, -0.2) is 32.1 Å². The van der Waals surface area contributed by atoms with Gasteiger partial charge < -0.3 is 9.84 Å². The lowest BCUT2D eigenvalue weighted by Crippen LogP contribution is -2.50. The molecule has 1 unspecified atom stereocenters. The van der Waals surface area contributed by atoms with Crippen LogP contribution in [0.25, 0.3) is 0 Å². The zero-order valence-electron chi connectivity index (χ0n) is 11.9. The number of carbonyl (C=O) groups is 1. The minimum Gasteiger partial charge on any atom is -0.466 e. The average molecular weight is 302 g/mol. The Morgan fingerprint density at radius 2 is 1.80 bits per heavy atom. The van der Waals surface area contributed by atoms with Crippen LogP contribution in [-0.2, 0) is 20.3 Å². The fourth-order valence-corrected chi connectivity index (χ4v) is 3.19. The van der Waals surface area contributed by atoms with E-state index in [0.717, 1.165) is 7.11 Å². The van der Waals surface area contributed by atoms with Crippen LogP contribution in [0.4, 0.5) is 4.39 Å². The average Bonchev–Trinajstić information content (AvgIpc) is 2.43. The summed E-state index contributed by atoms with van der Waals surface area (Å²) >= 11 is 0. The zero-order chi connectivity index (χ0) is 15.6. The van der Waals surface area contributed by atoms with Gasteiger partial charge in [-0.25, -0.2) is 9.18 Å². The summed E-state index contributed by atoms with van der Waals surface area (Å²) in [6, 6.07) is 7.80. The highest BCUT2D eigenvalue weighted by molar-refractivity contribution is 7.88. The van der Waals surface area contributed by atoms with Crippen LogP contribution >= 0.6 is 0 Å². The van der Waals surface area contributed by atoms with E-state index in [1.54, 1.807) is 18.2 Å². The number of hydrogen-bond acceptors (Lipinski definition) is 4. The predicted octanol–water partition coefficient (Wildman–Crippen LogP) is 2.11. The first kappa shape index (κ1) is 16.8. The number of methoxy groups -OCH3 is 1. The summed E-state index contributed by atoms with van der Waals surface area (Å²) in [5.41, 5.74) is 0.165. The Bertz CT molecular complexity index is 498. The quantitative estimate of drug-likeness (QED) is 0.865. The molecular formula is C14H19FO4S. The summed E-state index contributed by atoms with van der Waals surface area (Å²) in [5.74, 6) is -1.35. The second-order valence-corrected chi connectivity index (χ2v) is 7.69. The maximum atomic E-state index is 15.1. The molecule has 1 rings (SSSR count). The zero-order valence-corrected chi connectivity index (χ0v) is 12.7. The van der Waals surface area contributed by atoms with Gasteiger partial charge in [0.25, 0.3) is 0 Å². The molecule has 3 atom stereocenters. The standard InChI is InChI=1S/C14H19FO4S/c1-13(2,3)20(18)14(15,12(17)19-4)11(16)10-8-6-5-7-9-10/h5-9,11,16H,1-4H3/t11-,14-,20?/m0/s1. The number of aliphatic hydroxyl groups is 1. The third-order valence-corrected chi connectivity index (χ3v) is 4.80. The molecule has 0 bridgehead atoms. The first-order valence-electron chi connectivity index (χ1n) is 6.08. The van der Waals surface area contributed by atoms with Crippen LogP contribution in [0.2, 0.25) is 0 Å². The van der Waals surface area contributed by atoms with Gasteiger partial charge in [0.1, 0.15) is 6.10 Å². The highest BCUT2D eigenvalue weighted by Gasteiger charge is 2.56. The summed E-state index contributed by atoms with van der Waals surface area (Å²) in [4.78, 5) is 11.8. The summed E-state index contributed by atoms with van der Waals surface area (Å²) < 4.78 is 30.9. The largest absolute Gasteiger partial charge is 0.466 e. The molecule has 0 aliphatic rings. The highest BCUT2D eigenvalue weighted by atomic mass is 32.2. The normalized spacial score (nSPS) is 17.9. The molecule has 0 spiro atoms. The van der Waals surface area contributed by atoms with E-state index in [1.807, 2.05) is 0 Å². The summed E-state index contributed by atoms with van der Waals surface area (Å²) in [5, 5.41) is 7.19. The van der Waals surface area contributed by atoms with E-state index in [0.29, 0.717) is 0 Å². The molecule has 20 heavy (non-hydrogen) atoms. The SMILES string of the molecule is COC(=O)[C@](F)([C@@H](O)c1ccccc1)S(=O)C(C)(C)C. The van der Waals surface area contributed by atoms with Gasteiger partial charge in [0.05, 0.1) is 17.9 Å². The summed E-state index contributed by atoms with van der Waals surface area (Å²) in [7, 11) is -1.30. The lowest BCUT2D eigenvalue weighted by Gasteiger charge is -2.32. The molecule has 0 aliphatic heterocycles. The molecule has 0 saturated heterocycles. The lowest BCUT2D eigenvalue weighted by atomic mass is 10.1. The van der Waals surface area contributed by atoms with Crippen molar-refractivity contribution in [2.75, 3.05) is 7.11 Å². The fourth-order valence-electron chi connectivity index (χ4n) is 1.72. The molecule has 1 N–H and O–H groups in total. The van der Waals surface area contributed by atoms with E-state index in [9.17, 15) is 14.1 Å². The van der Waals surface area contributed by atoms with Gasteiger partial charge >= 0.3 is 11.0 Å². The third kappa shape index (κ3) is 3.07. The van der Waals surface area contributed by atoms with Crippen molar-refractivity contribution in [3.8, 4) is 0 Å². The lowest BCUT2D eigenvalue weighted by molar-refractivity contribution is -0.154. The van der Waals surface area contributed by atoms with Crippen molar-refractivity contribution < 1.29 is 23.2 Å². The van der Waals surface area contributed by atoms with Gasteiger partial charge in [-0.3, -0.25) is 4.21 Å². The number of benzene rings is 1. The number of carbonyl (C=O) groups excluding carboxylic acids is 1. The van der Waals surface area contributed by atoms with Crippen LogP contribution in [0.3, 0.4) is 0 Å². The molecule has 4 nitrogen and oxygen atoms in total. The Morgan fingerprint density at radius 3 is 2.20 bits per heavy atom. The van der Waals surface area contributed by atoms with Crippen LogP contribution in [0.1, 0.15) is 32.4 Å². The molecule has 0 aliphatic carbocycles. The van der Waals surface area contributed by atoms with Gasteiger partial charge in [-0.2, -0.15) is 0 Å². The van der Waals surface area contributed by atoms with Gasteiger partial charge in [0.15, 0.2) is 0 Å². The first-order valence-corrected chi connectivity index (χ1v) is 7.23. The van der Waals surface area contributed by atoms with E-state index in [4.69, 9.17) is 0 Å². The van der Waals surface area contributed by atoms with Crippen LogP contribution in [0.15, 0.2) is 30.3 Å². The van der Waals surface area contributed by atoms with Gasteiger partial charge in [-0.15, -0.1) is 0 Å². The summed E-state index contributed by atoms with van der Waals surface area (Å²) in [6.07, 6.45) is -1.86. The third-order valence-electron chi connectivity index (χ3n) is 2.76. The number of esters is 1. The molecule has 1 aromatic carbocycles. The Morgan fingerprint density at radius 1 is 1.30 bits per heavy atom. The second kappa shape index (κ2) is 6.01. The molecule has 0 heterocycles. The van der Waals surface area contributed by atoms with E-state index in [2.05, 4.69) is 4.74 Å². The number of ether oxygens (including phenoxy) is 1. The Labute approximate surface area is 120 Å². The predicted molar refractivity (Wildman–Crippen MR) is 75.2 cm³/mol. The molecule has 0 saturated carbocycles. The molecular weight excluding hydrogens is 283 g/mol. The van der Waals surface area contributed by atoms with Crippen molar-refractivity contribution >= 4 is 16.8 Å². The van der Waals surface area contributed by atoms with Crippen LogP contribution in [0.5, 0.6) is 0 Å². The Hall–Kier alpha value is -1.27. The van der Waals surface area contributed by atoms with Crippen LogP contribution < -0.4 is 0 Å². The number of halogens is 1. The van der Waals surface area contributed by atoms with Gasteiger partial charge in [-0.1, -0.05) is 30.3 Å². The van der Waals surface area contributed by atoms with E-state index in [1.165, 1.54) is 32.9 Å². The molecule has 1 aromatic rings.